The van der Waals surface area contributed by atoms with Gasteiger partial charge < -0.3 is 9.15 Å². The van der Waals surface area contributed by atoms with Crippen LogP contribution in [0.2, 0.25) is 5.15 Å². The Morgan fingerprint density at radius 2 is 2.00 bits per heavy atom. The van der Waals surface area contributed by atoms with Crippen molar-refractivity contribution in [1.29, 1.82) is 0 Å². The maximum absolute atomic E-state index is 13.3. The second-order valence-electron chi connectivity index (χ2n) is 7.66. The second-order valence-corrected chi connectivity index (χ2v) is 8.02. The number of nitrogens with zero attached hydrogens (tertiary/aromatic N) is 3. The van der Waals surface area contributed by atoms with Crippen molar-refractivity contribution in [3.63, 3.8) is 0 Å². The number of carbonyl (C=O) groups excluding carboxylic acids is 1. The first-order valence-electron chi connectivity index (χ1n) is 10.2. The van der Waals surface area contributed by atoms with E-state index in [1.165, 1.54) is 11.3 Å². The van der Waals surface area contributed by atoms with E-state index in [4.69, 9.17) is 25.9 Å². The minimum absolute atomic E-state index is 0.218. The molecule has 3 heterocycles. The summed E-state index contributed by atoms with van der Waals surface area (Å²) in [6, 6.07) is 18.6. The van der Waals surface area contributed by atoms with Crippen LogP contribution in [0.4, 0.5) is 0 Å². The number of para-hydroxylation sites is 1. The minimum atomic E-state index is -0.418. The summed E-state index contributed by atoms with van der Waals surface area (Å²) in [4.78, 5) is 17.8. The second kappa shape index (κ2) is 8.13. The fraction of sp³-hybridized carbons (Fsp3) is 0.160. The first kappa shape index (κ1) is 20.3. The predicted molar refractivity (Wildman–Crippen MR) is 123 cm³/mol. The first-order valence-corrected chi connectivity index (χ1v) is 10.6. The number of pyridine rings is 1. The van der Waals surface area contributed by atoms with E-state index in [1.54, 1.807) is 19.2 Å². The van der Waals surface area contributed by atoms with Crippen molar-refractivity contribution in [3.05, 3.63) is 94.5 Å². The number of aryl methyl sites for hydroxylation is 1. The average Bonchev–Trinajstić information content (AvgIpc) is 3.48. The predicted octanol–water partition coefficient (Wildman–Crippen LogP) is 5.79. The molecule has 2 aromatic carbocycles. The van der Waals surface area contributed by atoms with Gasteiger partial charge >= 0.3 is 5.91 Å². The molecule has 0 aliphatic carbocycles. The van der Waals surface area contributed by atoms with E-state index >= 15 is 0 Å². The molecule has 4 aromatic rings. The maximum atomic E-state index is 13.3. The van der Waals surface area contributed by atoms with Gasteiger partial charge in [-0.1, -0.05) is 53.6 Å². The molecule has 1 atom stereocenters. The van der Waals surface area contributed by atoms with E-state index in [0.717, 1.165) is 27.8 Å². The molecule has 0 unspecified atom stereocenters. The highest BCUT2D eigenvalue weighted by atomic mass is 35.5. The van der Waals surface area contributed by atoms with Crippen molar-refractivity contribution in [2.75, 3.05) is 7.11 Å². The molecule has 0 saturated heterocycles. The number of aromatic nitrogens is 1. The topological polar surface area (TPSA) is 67.9 Å². The molecule has 1 aliphatic rings. The van der Waals surface area contributed by atoms with E-state index in [-0.39, 0.29) is 11.7 Å². The molecule has 160 valence electrons. The van der Waals surface area contributed by atoms with Crippen LogP contribution in [0, 0.1) is 6.92 Å². The Morgan fingerprint density at radius 3 is 2.75 bits per heavy atom. The quantitative estimate of drug-likeness (QED) is 0.373. The maximum Gasteiger partial charge on any atom is 0.310 e. The molecule has 0 spiro atoms. The largest absolute Gasteiger partial charge is 0.494 e. The van der Waals surface area contributed by atoms with Crippen LogP contribution in [0.5, 0.6) is 5.75 Å². The Kier molecular flexibility index (Phi) is 5.15. The lowest BCUT2D eigenvalue weighted by atomic mass is 9.97. The summed E-state index contributed by atoms with van der Waals surface area (Å²) < 4.78 is 10.8. The zero-order chi connectivity index (χ0) is 22.2. The Bertz CT molecular complexity index is 1350. The molecule has 1 amide bonds. The normalized spacial score (nSPS) is 15.8. The highest BCUT2D eigenvalue weighted by molar-refractivity contribution is 6.30. The van der Waals surface area contributed by atoms with Crippen molar-refractivity contribution >= 4 is 34.1 Å². The Balaban J connectivity index is 1.61. The summed E-state index contributed by atoms with van der Waals surface area (Å²) in [5.74, 6) is 0.530. The summed E-state index contributed by atoms with van der Waals surface area (Å²) >= 11 is 6.65. The van der Waals surface area contributed by atoms with Gasteiger partial charge in [-0.15, -0.1) is 0 Å². The highest BCUT2D eigenvalue weighted by Crippen LogP contribution is 2.39. The van der Waals surface area contributed by atoms with Gasteiger partial charge in [0.15, 0.2) is 5.76 Å². The van der Waals surface area contributed by atoms with Crippen LogP contribution in [0.3, 0.4) is 0 Å². The van der Waals surface area contributed by atoms with Crippen molar-refractivity contribution in [3.8, 4) is 5.75 Å². The van der Waals surface area contributed by atoms with Crippen molar-refractivity contribution in [1.82, 2.24) is 9.99 Å². The highest BCUT2D eigenvalue weighted by Gasteiger charge is 2.36. The Labute approximate surface area is 190 Å². The molecular weight excluding hydrogens is 426 g/mol. The lowest BCUT2D eigenvalue weighted by Gasteiger charge is -2.22. The third-order valence-corrected chi connectivity index (χ3v) is 5.87. The van der Waals surface area contributed by atoms with Gasteiger partial charge in [0.25, 0.3) is 0 Å². The molecule has 0 bridgehead atoms. The summed E-state index contributed by atoms with van der Waals surface area (Å²) in [6.07, 6.45) is 1.98. The number of fused-ring (bicyclic) bond motifs is 1. The van der Waals surface area contributed by atoms with Crippen LogP contribution in [-0.4, -0.2) is 28.7 Å². The van der Waals surface area contributed by atoms with Crippen LogP contribution < -0.4 is 4.74 Å². The SMILES string of the molecule is COc1cccc2cc([C@@H]3CC(c4cccc(C)c4)=NN3C(=O)c3ccco3)c(Cl)nc12. The molecule has 0 N–H and O–H groups in total. The number of carbonyl (C=O) groups is 1. The molecular formula is C25H20ClN3O3. The molecule has 0 radical (unpaired) electrons. The molecule has 32 heavy (non-hydrogen) atoms. The van der Waals surface area contributed by atoms with Crippen LogP contribution in [0.25, 0.3) is 10.9 Å². The summed E-state index contributed by atoms with van der Waals surface area (Å²) in [7, 11) is 1.60. The number of amides is 1. The van der Waals surface area contributed by atoms with E-state index in [1.807, 2.05) is 49.4 Å². The van der Waals surface area contributed by atoms with Crippen LogP contribution in [0.15, 0.2) is 76.4 Å². The number of ether oxygens (including phenoxy) is 1. The molecule has 6 nitrogen and oxygen atoms in total. The lowest BCUT2D eigenvalue weighted by molar-refractivity contribution is 0.0678. The van der Waals surface area contributed by atoms with Crippen molar-refractivity contribution in [2.24, 2.45) is 5.10 Å². The number of rotatable bonds is 4. The van der Waals surface area contributed by atoms with Gasteiger partial charge in [0, 0.05) is 17.4 Å². The first-order chi connectivity index (χ1) is 15.5. The fourth-order valence-corrected chi connectivity index (χ4v) is 4.28. The van der Waals surface area contributed by atoms with Crippen LogP contribution in [0.1, 0.15) is 39.7 Å². The molecule has 0 saturated carbocycles. The van der Waals surface area contributed by atoms with Gasteiger partial charge in [0.1, 0.15) is 16.4 Å². The van der Waals surface area contributed by atoms with Gasteiger partial charge in [-0.2, -0.15) is 5.10 Å². The summed E-state index contributed by atoms with van der Waals surface area (Å²) in [6.45, 7) is 2.03. The molecule has 0 fully saturated rings. The zero-order valence-electron chi connectivity index (χ0n) is 17.6. The average molecular weight is 446 g/mol. The fourth-order valence-electron chi connectivity index (χ4n) is 4.02. The number of furan rings is 1. The van der Waals surface area contributed by atoms with Gasteiger partial charge in [-0.25, -0.2) is 9.99 Å². The zero-order valence-corrected chi connectivity index (χ0v) is 18.3. The van der Waals surface area contributed by atoms with E-state index in [9.17, 15) is 4.79 Å². The van der Waals surface area contributed by atoms with E-state index in [0.29, 0.717) is 22.8 Å². The summed E-state index contributed by atoms with van der Waals surface area (Å²) in [5, 5.41) is 7.33. The van der Waals surface area contributed by atoms with Gasteiger partial charge in [0.05, 0.1) is 25.1 Å². The Morgan fingerprint density at radius 1 is 1.16 bits per heavy atom. The number of halogens is 1. The van der Waals surface area contributed by atoms with Crippen LogP contribution in [-0.2, 0) is 0 Å². The number of hydrogen-bond donors (Lipinski definition) is 0. The standard InChI is InChI=1S/C25H20ClN3O3/c1-15-6-3-7-16(12-15)19-14-20(29(28-19)25(30)22-10-5-11-32-22)18-13-17-8-4-9-21(31-2)23(17)27-24(18)26/h3-13,20H,14H2,1-2H3/t20-/m0/s1. The number of methoxy groups -OCH3 is 1. The van der Waals surface area contributed by atoms with Gasteiger partial charge in [-0.05, 0) is 36.8 Å². The minimum Gasteiger partial charge on any atom is -0.494 e. The summed E-state index contributed by atoms with van der Waals surface area (Å²) in [5.41, 5.74) is 4.29. The van der Waals surface area contributed by atoms with Gasteiger partial charge in [0.2, 0.25) is 0 Å². The van der Waals surface area contributed by atoms with E-state index in [2.05, 4.69) is 11.1 Å². The third-order valence-electron chi connectivity index (χ3n) is 5.57. The van der Waals surface area contributed by atoms with Crippen molar-refractivity contribution in [2.45, 2.75) is 19.4 Å². The van der Waals surface area contributed by atoms with E-state index < -0.39 is 6.04 Å². The third kappa shape index (κ3) is 3.52. The van der Waals surface area contributed by atoms with Crippen molar-refractivity contribution < 1.29 is 13.9 Å². The van der Waals surface area contributed by atoms with Crippen LogP contribution >= 0.6 is 11.6 Å². The number of hydrogen-bond acceptors (Lipinski definition) is 5. The molecule has 2 aromatic heterocycles. The molecule has 7 heteroatoms. The monoisotopic (exact) mass is 445 g/mol. The molecule has 5 rings (SSSR count). The smallest absolute Gasteiger partial charge is 0.310 e. The number of benzene rings is 2. The number of hydrazone groups is 1. The van der Waals surface area contributed by atoms with Gasteiger partial charge in [-0.3, -0.25) is 4.79 Å². The lowest BCUT2D eigenvalue weighted by Crippen LogP contribution is -2.27. The molecule has 1 aliphatic heterocycles. The Hall–Kier alpha value is -3.64.